The van der Waals surface area contributed by atoms with Crippen molar-refractivity contribution in [1.82, 2.24) is 19.5 Å². The van der Waals surface area contributed by atoms with Crippen LogP contribution in [0.4, 0.5) is 17.1 Å². The highest BCUT2D eigenvalue weighted by Gasteiger charge is 2.36. The number of nitrogens with zero attached hydrogens (tertiary/aromatic N) is 5. The number of benzene rings is 10. The zero-order valence-corrected chi connectivity index (χ0v) is 39.7. The lowest BCUT2D eigenvalue weighted by atomic mass is 9.82. The Balaban J connectivity index is 0.972. The Morgan fingerprint density at radius 1 is 0.361 bits per heavy atom. The van der Waals surface area contributed by atoms with Gasteiger partial charge in [-0.1, -0.05) is 178 Å². The zero-order valence-electron chi connectivity index (χ0n) is 39.7. The third-order valence-corrected chi connectivity index (χ3v) is 14.6. The van der Waals surface area contributed by atoms with Crippen molar-refractivity contribution < 1.29 is 4.42 Å². The predicted molar refractivity (Wildman–Crippen MR) is 295 cm³/mol. The highest BCUT2D eigenvalue weighted by Crippen LogP contribution is 2.51. The zero-order chi connectivity index (χ0) is 47.9. The molecular weight excluding hydrogens is 879 g/mol. The molecule has 0 spiro atoms. The summed E-state index contributed by atoms with van der Waals surface area (Å²) < 4.78 is 8.74. The van der Waals surface area contributed by atoms with Crippen LogP contribution < -0.4 is 4.90 Å². The summed E-state index contributed by atoms with van der Waals surface area (Å²) in [6.45, 7) is 4.67. The molecule has 0 radical (unpaired) electrons. The van der Waals surface area contributed by atoms with Crippen LogP contribution in [0.3, 0.4) is 0 Å². The third-order valence-electron chi connectivity index (χ3n) is 14.6. The molecule has 6 nitrogen and oxygen atoms in total. The van der Waals surface area contributed by atoms with E-state index in [9.17, 15) is 0 Å². The summed E-state index contributed by atoms with van der Waals surface area (Å²) in [6.07, 6.45) is 0. The van der Waals surface area contributed by atoms with Crippen molar-refractivity contribution in [2.24, 2.45) is 0 Å². The van der Waals surface area contributed by atoms with Gasteiger partial charge in [0.1, 0.15) is 11.2 Å². The van der Waals surface area contributed by atoms with Crippen LogP contribution in [0.1, 0.15) is 25.0 Å². The molecule has 14 rings (SSSR count). The molecule has 0 fully saturated rings. The minimum Gasteiger partial charge on any atom is -0.456 e. The fourth-order valence-electron chi connectivity index (χ4n) is 11.1. The average Bonchev–Trinajstić information content (AvgIpc) is 4.05. The van der Waals surface area contributed by atoms with Gasteiger partial charge in [-0.3, -0.25) is 4.57 Å². The Hall–Kier alpha value is -9.39. The smallest absolute Gasteiger partial charge is 0.238 e. The van der Waals surface area contributed by atoms with Crippen LogP contribution in [0.5, 0.6) is 0 Å². The lowest BCUT2D eigenvalue weighted by Crippen LogP contribution is -2.15. The van der Waals surface area contributed by atoms with E-state index in [4.69, 9.17) is 19.4 Å². The molecule has 0 saturated heterocycles. The second-order valence-electron chi connectivity index (χ2n) is 19.2. The van der Waals surface area contributed by atoms with Gasteiger partial charge in [-0.15, -0.1) is 0 Å². The number of fused-ring (bicyclic) bond motifs is 9. The molecule has 0 bridgehead atoms. The summed E-state index contributed by atoms with van der Waals surface area (Å²) >= 11 is 0. The van der Waals surface area contributed by atoms with Gasteiger partial charge in [0.2, 0.25) is 5.95 Å². The third kappa shape index (κ3) is 6.75. The number of para-hydroxylation sites is 1. The van der Waals surface area contributed by atoms with Crippen molar-refractivity contribution in [2.75, 3.05) is 4.90 Å². The lowest BCUT2D eigenvalue weighted by Gasteiger charge is -2.26. The lowest BCUT2D eigenvalue weighted by molar-refractivity contribution is 0.661. The van der Waals surface area contributed by atoms with Gasteiger partial charge in [0.25, 0.3) is 0 Å². The number of hydrogen-bond acceptors (Lipinski definition) is 5. The van der Waals surface area contributed by atoms with Crippen molar-refractivity contribution in [2.45, 2.75) is 19.3 Å². The van der Waals surface area contributed by atoms with E-state index >= 15 is 0 Å². The largest absolute Gasteiger partial charge is 0.456 e. The highest BCUT2D eigenvalue weighted by atomic mass is 16.3. The van der Waals surface area contributed by atoms with E-state index in [0.717, 1.165) is 94.2 Å². The van der Waals surface area contributed by atoms with Crippen LogP contribution in [0.25, 0.3) is 106 Å². The van der Waals surface area contributed by atoms with E-state index in [1.807, 2.05) is 48.5 Å². The molecule has 3 aromatic heterocycles. The number of furan rings is 1. The van der Waals surface area contributed by atoms with Crippen molar-refractivity contribution in [3.05, 3.63) is 248 Å². The Labute approximate surface area is 416 Å². The molecule has 13 aromatic rings. The first-order valence-corrected chi connectivity index (χ1v) is 24.5. The van der Waals surface area contributed by atoms with E-state index < -0.39 is 0 Å². The predicted octanol–water partition coefficient (Wildman–Crippen LogP) is 17.3. The Bertz CT molecular complexity index is 4190. The van der Waals surface area contributed by atoms with Crippen molar-refractivity contribution in [3.8, 4) is 62.1 Å². The van der Waals surface area contributed by atoms with Crippen LogP contribution in [-0.2, 0) is 5.41 Å². The monoisotopic (exact) mass is 923 g/mol. The summed E-state index contributed by atoms with van der Waals surface area (Å²) in [5.41, 5.74) is 18.1. The Morgan fingerprint density at radius 2 is 0.917 bits per heavy atom. The minimum atomic E-state index is -0.210. The first-order valence-electron chi connectivity index (χ1n) is 24.5. The van der Waals surface area contributed by atoms with Gasteiger partial charge in [-0.2, -0.15) is 9.97 Å². The van der Waals surface area contributed by atoms with E-state index in [-0.39, 0.29) is 5.41 Å². The molecule has 1 aliphatic carbocycles. The number of hydrogen-bond donors (Lipinski definition) is 0. The molecule has 1 aliphatic rings. The van der Waals surface area contributed by atoms with Gasteiger partial charge in [0, 0.05) is 61.2 Å². The normalized spacial score (nSPS) is 12.7. The standard InChI is InChI=1S/C66H45N5O/c1-66(2)57-30-14-12-28-51(57)54-40-56-55-38-47(32-35-59(55)71(60(56)41-58(54)66)65-68-63(43-20-8-4-9-21-43)67-64(69-65)44-22-10-5-11-23-44)46-25-17-27-49(37-46)70(48-26-16-24-45(36-48)42-18-6-3-7-19-42)50-33-34-53-52-29-13-15-31-61(52)72-62(53)39-50/h3-41H,1-2H3. The fourth-order valence-corrected chi connectivity index (χ4v) is 11.1. The maximum absolute atomic E-state index is 6.49. The summed E-state index contributed by atoms with van der Waals surface area (Å²) in [6, 6.07) is 83.9. The molecular formula is C66H45N5O. The Morgan fingerprint density at radius 3 is 1.62 bits per heavy atom. The molecule has 340 valence electrons. The van der Waals surface area contributed by atoms with Crippen LogP contribution in [0.15, 0.2) is 241 Å². The molecule has 72 heavy (non-hydrogen) atoms. The van der Waals surface area contributed by atoms with Gasteiger partial charge in [0.15, 0.2) is 11.6 Å². The van der Waals surface area contributed by atoms with E-state index in [0.29, 0.717) is 17.6 Å². The van der Waals surface area contributed by atoms with Crippen LogP contribution in [-0.4, -0.2) is 19.5 Å². The molecule has 3 heterocycles. The maximum Gasteiger partial charge on any atom is 0.238 e. The number of rotatable bonds is 8. The molecule has 10 aromatic carbocycles. The van der Waals surface area contributed by atoms with E-state index in [2.05, 4.69) is 211 Å². The van der Waals surface area contributed by atoms with Gasteiger partial charge in [-0.25, -0.2) is 4.98 Å². The molecule has 0 unspecified atom stereocenters. The summed E-state index contributed by atoms with van der Waals surface area (Å²) in [5, 5.41) is 4.45. The van der Waals surface area contributed by atoms with Crippen LogP contribution >= 0.6 is 0 Å². The topological polar surface area (TPSA) is 60.0 Å². The second kappa shape index (κ2) is 16.4. The molecule has 0 aliphatic heterocycles. The molecule has 0 amide bonds. The summed E-state index contributed by atoms with van der Waals surface area (Å²) in [5.74, 6) is 1.81. The molecule has 0 atom stereocenters. The van der Waals surface area contributed by atoms with Gasteiger partial charge < -0.3 is 9.32 Å². The van der Waals surface area contributed by atoms with Gasteiger partial charge in [-0.05, 0) is 111 Å². The first-order chi connectivity index (χ1) is 35.4. The number of aromatic nitrogens is 4. The minimum absolute atomic E-state index is 0.210. The summed E-state index contributed by atoms with van der Waals surface area (Å²) in [4.78, 5) is 18.0. The second-order valence-corrected chi connectivity index (χ2v) is 19.2. The SMILES string of the molecule is CC1(C)c2ccccc2-c2cc3c4cc(-c5cccc(N(c6cccc(-c7ccccc7)c6)c6ccc7c(c6)oc6ccccc67)c5)ccc4n(-c4nc(-c5ccccc5)nc(-c5ccccc5)n4)c3cc21. The van der Waals surface area contributed by atoms with E-state index in [1.54, 1.807) is 0 Å². The number of anilines is 3. The quantitative estimate of drug-likeness (QED) is 0.152. The average molecular weight is 924 g/mol. The van der Waals surface area contributed by atoms with Gasteiger partial charge in [0.05, 0.1) is 11.0 Å². The van der Waals surface area contributed by atoms with Crippen LogP contribution in [0, 0.1) is 0 Å². The maximum atomic E-state index is 6.49. The summed E-state index contributed by atoms with van der Waals surface area (Å²) in [7, 11) is 0. The van der Waals surface area contributed by atoms with Gasteiger partial charge >= 0.3 is 0 Å². The van der Waals surface area contributed by atoms with E-state index in [1.165, 1.54) is 22.3 Å². The molecule has 0 N–H and O–H groups in total. The fraction of sp³-hybridized carbons (Fsp3) is 0.0455. The highest BCUT2D eigenvalue weighted by molar-refractivity contribution is 6.13. The van der Waals surface area contributed by atoms with Crippen molar-refractivity contribution in [1.29, 1.82) is 0 Å². The molecule has 6 heteroatoms. The van der Waals surface area contributed by atoms with Crippen molar-refractivity contribution in [3.63, 3.8) is 0 Å². The Kier molecular flexibility index (Phi) is 9.45. The molecule has 0 saturated carbocycles. The first kappa shape index (κ1) is 41.6. The van der Waals surface area contributed by atoms with Crippen LogP contribution in [0.2, 0.25) is 0 Å². The van der Waals surface area contributed by atoms with Crippen molar-refractivity contribution >= 4 is 60.8 Å².